The molecule has 10 heteroatoms. The average molecular weight is 603 g/mol. The fraction of sp³-hybridized carbons (Fsp3) is 0.333. The number of carbonyl (C=O) groups excluding carboxylic acids is 2. The van der Waals surface area contributed by atoms with Gasteiger partial charge < -0.3 is 10.2 Å². The van der Waals surface area contributed by atoms with Crippen LogP contribution in [-0.4, -0.2) is 43.8 Å². The summed E-state index contributed by atoms with van der Waals surface area (Å²) in [6.07, 6.45) is 3.90. The Morgan fingerprint density at radius 2 is 1.57 bits per heavy atom. The van der Waals surface area contributed by atoms with E-state index in [-0.39, 0.29) is 23.4 Å². The number of benzene rings is 3. The van der Waals surface area contributed by atoms with Crippen LogP contribution in [0, 0.1) is 6.92 Å². The molecule has 1 N–H and O–H groups in total. The van der Waals surface area contributed by atoms with Crippen LogP contribution in [0.2, 0.25) is 10.0 Å². The van der Waals surface area contributed by atoms with Crippen molar-refractivity contribution in [1.82, 2.24) is 10.2 Å². The molecular weight excluding hydrogens is 569 g/mol. The highest BCUT2D eigenvalue weighted by Crippen LogP contribution is 2.28. The van der Waals surface area contributed by atoms with Gasteiger partial charge in [0.15, 0.2) is 0 Å². The van der Waals surface area contributed by atoms with Crippen LogP contribution in [0.5, 0.6) is 0 Å². The number of hydrogen-bond acceptors (Lipinski definition) is 4. The van der Waals surface area contributed by atoms with E-state index in [2.05, 4.69) is 5.32 Å². The van der Waals surface area contributed by atoms with E-state index in [1.165, 1.54) is 29.2 Å². The maximum atomic E-state index is 14.0. The van der Waals surface area contributed by atoms with Gasteiger partial charge in [-0.1, -0.05) is 72.4 Å². The molecule has 1 aliphatic rings. The quantitative estimate of drug-likeness (QED) is 0.310. The number of nitrogens with zero attached hydrogens (tertiary/aromatic N) is 2. The molecule has 1 aliphatic carbocycles. The highest BCUT2D eigenvalue weighted by atomic mass is 35.5. The maximum Gasteiger partial charge on any atom is 0.264 e. The van der Waals surface area contributed by atoms with Crippen LogP contribution in [0.4, 0.5) is 5.69 Å². The molecule has 40 heavy (non-hydrogen) atoms. The van der Waals surface area contributed by atoms with Crippen molar-refractivity contribution < 1.29 is 18.0 Å². The van der Waals surface area contributed by atoms with Crippen molar-refractivity contribution in [2.45, 2.75) is 63.1 Å². The van der Waals surface area contributed by atoms with Gasteiger partial charge in [0, 0.05) is 22.6 Å². The van der Waals surface area contributed by atoms with Gasteiger partial charge in [0.05, 0.1) is 10.6 Å². The zero-order valence-corrected chi connectivity index (χ0v) is 24.8. The van der Waals surface area contributed by atoms with Crippen molar-refractivity contribution in [3.05, 3.63) is 94.0 Å². The molecule has 1 fully saturated rings. The summed E-state index contributed by atoms with van der Waals surface area (Å²) in [7, 11) is -4.17. The van der Waals surface area contributed by atoms with E-state index < -0.39 is 28.5 Å². The molecule has 1 saturated carbocycles. The molecule has 0 aromatic heterocycles. The number of aryl methyl sites for hydroxylation is 1. The van der Waals surface area contributed by atoms with Gasteiger partial charge in [-0.25, -0.2) is 8.42 Å². The smallest absolute Gasteiger partial charge is 0.264 e. The van der Waals surface area contributed by atoms with E-state index in [9.17, 15) is 18.0 Å². The predicted molar refractivity (Wildman–Crippen MR) is 159 cm³/mol. The van der Waals surface area contributed by atoms with Gasteiger partial charge in [0.25, 0.3) is 10.0 Å². The van der Waals surface area contributed by atoms with Gasteiger partial charge in [-0.05, 0) is 74.2 Å². The minimum absolute atomic E-state index is 0.00219. The lowest BCUT2D eigenvalue weighted by Crippen LogP contribution is -2.52. The lowest BCUT2D eigenvalue weighted by molar-refractivity contribution is -0.139. The molecule has 3 aromatic carbocycles. The van der Waals surface area contributed by atoms with Gasteiger partial charge >= 0.3 is 0 Å². The normalized spacial score (nSPS) is 14.5. The van der Waals surface area contributed by atoms with Crippen LogP contribution in [0.15, 0.2) is 77.7 Å². The van der Waals surface area contributed by atoms with Crippen LogP contribution in [-0.2, 0) is 26.2 Å². The van der Waals surface area contributed by atoms with Gasteiger partial charge in [0.2, 0.25) is 11.8 Å². The number of amides is 2. The first-order valence-corrected chi connectivity index (χ1v) is 15.4. The Hall–Kier alpha value is -3.07. The van der Waals surface area contributed by atoms with E-state index in [0.717, 1.165) is 30.0 Å². The lowest BCUT2D eigenvalue weighted by atomic mass is 10.1. The third kappa shape index (κ3) is 6.97. The maximum absolute atomic E-state index is 14.0. The average Bonchev–Trinajstić information content (AvgIpc) is 3.44. The number of halogens is 2. The summed E-state index contributed by atoms with van der Waals surface area (Å²) in [5.41, 5.74) is 1.70. The summed E-state index contributed by atoms with van der Waals surface area (Å²) in [4.78, 5) is 28.7. The van der Waals surface area contributed by atoms with Crippen LogP contribution >= 0.6 is 23.2 Å². The Kier molecular flexibility index (Phi) is 9.77. The third-order valence-electron chi connectivity index (χ3n) is 7.23. The number of carbonyl (C=O) groups is 2. The number of anilines is 1. The summed E-state index contributed by atoms with van der Waals surface area (Å²) < 4.78 is 28.9. The molecule has 0 heterocycles. The molecule has 0 bridgehead atoms. The Labute approximate surface area is 246 Å². The van der Waals surface area contributed by atoms with Gasteiger partial charge in [-0.15, -0.1) is 0 Å². The van der Waals surface area contributed by atoms with E-state index in [0.29, 0.717) is 26.9 Å². The molecule has 4 rings (SSSR count). The summed E-state index contributed by atoms with van der Waals surface area (Å²) in [6, 6.07) is 19.1. The van der Waals surface area contributed by atoms with E-state index in [1.807, 2.05) is 0 Å². The molecule has 0 radical (unpaired) electrons. The molecule has 1 unspecified atom stereocenters. The largest absolute Gasteiger partial charge is 0.352 e. The predicted octanol–water partition coefficient (Wildman–Crippen LogP) is 5.97. The third-order valence-corrected chi connectivity index (χ3v) is 9.63. The fourth-order valence-electron chi connectivity index (χ4n) is 4.88. The second-order valence-corrected chi connectivity index (χ2v) is 12.7. The molecule has 0 saturated heterocycles. The number of para-hydroxylation sites is 1. The van der Waals surface area contributed by atoms with Crippen LogP contribution in [0.1, 0.15) is 43.7 Å². The standard InChI is InChI=1S/C30H33Cl2N3O4S/c1-21-9-3-8-14-28(21)35(40(38,39)26-17-15-24(31)16-18-26)20-29(36)34(19-23-10-4-7-13-27(23)32)22(2)30(37)33-25-11-5-6-12-25/h3-4,7-10,13-18,22,25H,5-6,11-12,19-20H2,1-2H3,(H,33,37). The number of sulfonamides is 1. The highest BCUT2D eigenvalue weighted by Gasteiger charge is 2.34. The Morgan fingerprint density at radius 1 is 0.950 bits per heavy atom. The Balaban J connectivity index is 1.70. The van der Waals surface area contributed by atoms with Crippen LogP contribution < -0.4 is 9.62 Å². The SMILES string of the molecule is Cc1ccccc1N(CC(=O)N(Cc1ccccc1Cl)C(C)C(=O)NC1CCCC1)S(=O)(=O)c1ccc(Cl)cc1. The summed E-state index contributed by atoms with van der Waals surface area (Å²) in [5.74, 6) is -0.815. The van der Waals surface area contributed by atoms with Crippen molar-refractivity contribution in [2.24, 2.45) is 0 Å². The molecule has 212 valence electrons. The van der Waals surface area contributed by atoms with E-state index in [1.54, 1.807) is 62.4 Å². The van der Waals surface area contributed by atoms with Crippen LogP contribution in [0.3, 0.4) is 0 Å². The zero-order valence-electron chi connectivity index (χ0n) is 22.5. The van der Waals surface area contributed by atoms with Crippen molar-refractivity contribution in [1.29, 1.82) is 0 Å². The lowest BCUT2D eigenvalue weighted by Gasteiger charge is -2.33. The van der Waals surface area contributed by atoms with Crippen LogP contribution in [0.25, 0.3) is 0 Å². The Morgan fingerprint density at radius 3 is 2.23 bits per heavy atom. The Bertz CT molecular complexity index is 1460. The minimum atomic E-state index is -4.17. The molecule has 3 aromatic rings. The van der Waals surface area contributed by atoms with Crippen molar-refractivity contribution in [2.75, 3.05) is 10.8 Å². The fourth-order valence-corrected chi connectivity index (χ4v) is 6.68. The second-order valence-electron chi connectivity index (χ2n) is 10.0. The molecule has 1 atom stereocenters. The van der Waals surface area contributed by atoms with Crippen molar-refractivity contribution in [3.63, 3.8) is 0 Å². The molecule has 0 spiro atoms. The zero-order chi connectivity index (χ0) is 28.9. The molecular formula is C30H33Cl2N3O4S. The highest BCUT2D eigenvalue weighted by molar-refractivity contribution is 7.92. The number of nitrogens with one attached hydrogen (secondary N) is 1. The number of rotatable bonds is 10. The first-order chi connectivity index (χ1) is 19.1. The van der Waals surface area contributed by atoms with E-state index in [4.69, 9.17) is 23.2 Å². The minimum Gasteiger partial charge on any atom is -0.352 e. The molecule has 0 aliphatic heterocycles. The van der Waals surface area contributed by atoms with E-state index >= 15 is 0 Å². The van der Waals surface area contributed by atoms with Crippen molar-refractivity contribution >= 4 is 50.7 Å². The van der Waals surface area contributed by atoms with Crippen molar-refractivity contribution in [3.8, 4) is 0 Å². The first kappa shape index (κ1) is 29.9. The van der Waals surface area contributed by atoms with Gasteiger partial charge in [-0.2, -0.15) is 0 Å². The number of hydrogen-bond donors (Lipinski definition) is 1. The monoisotopic (exact) mass is 601 g/mol. The summed E-state index contributed by atoms with van der Waals surface area (Å²) in [6.45, 7) is 2.97. The topological polar surface area (TPSA) is 86.8 Å². The summed E-state index contributed by atoms with van der Waals surface area (Å²) in [5, 5.41) is 3.91. The first-order valence-electron chi connectivity index (χ1n) is 13.2. The summed E-state index contributed by atoms with van der Waals surface area (Å²) >= 11 is 12.4. The van der Waals surface area contributed by atoms with Gasteiger partial charge in [-0.3, -0.25) is 13.9 Å². The molecule has 7 nitrogen and oxygen atoms in total. The second kappa shape index (κ2) is 13.1. The molecule has 2 amide bonds. The van der Waals surface area contributed by atoms with Gasteiger partial charge in [0.1, 0.15) is 12.6 Å².